The van der Waals surface area contributed by atoms with Gasteiger partial charge in [0.15, 0.2) is 6.61 Å². The molecule has 0 aliphatic carbocycles. The van der Waals surface area contributed by atoms with Crippen LogP contribution in [0.2, 0.25) is 0 Å². The summed E-state index contributed by atoms with van der Waals surface area (Å²) in [4.78, 5) is 16.4. The van der Waals surface area contributed by atoms with Crippen LogP contribution in [-0.2, 0) is 4.79 Å². The van der Waals surface area contributed by atoms with Crippen molar-refractivity contribution in [3.05, 3.63) is 65.2 Å². The van der Waals surface area contributed by atoms with Crippen LogP contribution < -0.4 is 4.74 Å². The Morgan fingerprint density at radius 1 is 1.00 bits per heavy atom. The lowest BCUT2D eigenvalue weighted by molar-refractivity contribution is -0.135. The number of piperazine rings is 1. The van der Waals surface area contributed by atoms with Gasteiger partial charge in [-0.1, -0.05) is 47.5 Å². The summed E-state index contributed by atoms with van der Waals surface area (Å²) in [5.74, 6) is 0.690. The number of ether oxygens (including phenoxy) is 1. The Kier molecular flexibility index (Phi) is 6.10. The Balaban J connectivity index is 1.51. The molecule has 1 fully saturated rings. The van der Waals surface area contributed by atoms with Crippen molar-refractivity contribution in [2.24, 2.45) is 0 Å². The van der Waals surface area contributed by atoms with Crippen LogP contribution in [0.25, 0.3) is 0 Å². The van der Waals surface area contributed by atoms with Gasteiger partial charge in [-0.2, -0.15) is 5.26 Å². The fraction of sp³-hybridized carbons (Fsp3) is 0.364. The van der Waals surface area contributed by atoms with E-state index in [-0.39, 0.29) is 18.6 Å². The largest absolute Gasteiger partial charge is 0.484 e. The maximum Gasteiger partial charge on any atom is 0.260 e. The Bertz CT molecular complexity index is 801. The first-order chi connectivity index (χ1) is 13.1. The molecule has 0 spiro atoms. The van der Waals surface area contributed by atoms with Gasteiger partial charge in [-0.05, 0) is 31.5 Å². The van der Waals surface area contributed by atoms with Gasteiger partial charge in [0.05, 0.1) is 6.07 Å². The van der Waals surface area contributed by atoms with E-state index in [0.717, 1.165) is 11.1 Å². The molecular formula is C22H25N3O2. The van der Waals surface area contributed by atoms with E-state index in [0.29, 0.717) is 31.9 Å². The number of benzene rings is 2. The monoisotopic (exact) mass is 363 g/mol. The number of amides is 1. The molecule has 1 heterocycles. The molecule has 27 heavy (non-hydrogen) atoms. The highest BCUT2D eigenvalue weighted by Gasteiger charge is 2.27. The van der Waals surface area contributed by atoms with Crippen molar-refractivity contribution in [2.75, 3.05) is 32.8 Å². The second-order valence-electron chi connectivity index (χ2n) is 6.96. The van der Waals surface area contributed by atoms with Crippen LogP contribution in [-0.4, -0.2) is 48.5 Å². The number of nitriles is 1. The van der Waals surface area contributed by atoms with E-state index in [4.69, 9.17) is 4.74 Å². The number of nitrogens with zero attached hydrogens (tertiary/aromatic N) is 3. The third-order valence-electron chi connectivity index (χ3n) is 4.93. The maximum absolute atomic E-state index is 12.4. The van der Waals surface area contributed by atoms with Crippen LogP contribution in [0, 0.1) is 25.2 Å². The predicted octanol–water partition coefficient (Wildman–Crippen LogP) is 3.09. The summed E-state index contributed by atoms with van der Waals surface area (Å²) in [7, 11) is 0. The van der Waals surface area contributed by atoms with E-state index < -0.39 is 0 Å². The standard InChI is InChI=1S/C22H25N3O2/c1-17-3-7-19(8-4-17)21(15-23)24-11-13-25(14-12-24)22(26)16-27-20-9-5-18(2)6-10-20/h3-10,21H,11-14,16H2,1-2H3. The first kappa shape index (κ1) is 18.9. The van der Waals surface area contributed by atoms with Crippen LogP contribution in [0.1, 0.15) is 22.7 Å². The van der Waals surface area contributed by atoms with Gasteiger partial charge in [-0.3, -0.25) is 9.69 Å². The van der Waals surface area contributed by atoms with Crippen molar-refractivity contribution in [3.63, 3.8) is 0 Å². The Labute approximate surface area is 160 Å². The average Bonchev–Trinajstić information content (AvgIpc) is 2.70. The molecule has 0 N–H and O–H groups in total. The summed E-state index contributed by atoms with van der Waals surface area (Å²) < 4.78 is 5.59. The molecule has 2 aromatic rings. The predicted molar refractivity (Wildman–Crippen MR) is 104 cm³/mol. The molecule has 1 saturated heterocycles. The van der Waals surface area contributed by atoms with Crippen LogP contribution in [0.15, 0.2) is 48.5 Å². The van der Waals surface area contributed by atoms with E-state index in [2.05, 4.69) is 11.0 Å². The van der Waals surface area contributed by atoms with Gasteiger partial charge < -0.3 is 9.64 Å². The summed E-state index contributed by atoms with van der Waals surface area (Å²) in [6.07, 6.45) is 0. The van der Waals surface area contributed by atoms with Crippen molar-refractivity contribution in [3.8, 4) is 11.8 Å². The zero-order valence-corrected chi connectivity index (χ0v) is 15.9. The fourth-order valence-electron chi connectivity index (χ4n) is 3.22. The van der Waals surface area contributed by atoms with Gasteiger partial charge >= 0.3 is 0 Å². The summed E-state index contributed by atoms with van der Waals surface area (Å²) in [6.45, 7) is 6.68. The third kappa shape index (κ3) is 4.87. The summed E-state index contributed by atoms with van der Waals surface area (Å²) in [6, 6.07) is 17.9. The highest BCUT2D eigenvalue weighted by atomic mass is 16.5. The second-order valence-corrected chi connectivity index (χ2v) is 6.96. The molecule has 1 atom stereocenters. The van der Waals surface area contributed by atoms with Crippen LogP contribution in [0.4, 0.5) is 0 Å². The lowest BCUT2D eigenvalue weighted by Crippen LogP contribution is -2.50. The van der Waals surface area contributed by atoms with Crippen molar-refractivity contribution in [1.82, 2.24) is 9.80 Å². The van der Waals surface area contributed by atoms with Gasteiger partial charge in [0.2, 0.25) is 0 Å². The molecule has 2 aromatic carbocycles. The van der Waals surface area contributed by atoms with Gasteiger partial charge in [0.25, 0.3) is 5.91 Å². The lowest BCUT2D eigenvalue weighted by Gasteiger charge is -2.37. The molecular weight excluding hydrogens is 338 g/mol. The summed E-state index contributed by atoms with van der Waals surface area (Å²) >= 11 is 0. The van der Waals surface area contributed by atoms with Crippen LogP contribution in [0.5, 0.6) is 5.75 Å². The third-order valence-corrected chi connectivity index (χ3v) is 4.93. The average molecular weight is 363 g/mol. The van der Waals surface area contributed by atoms with Gasteiger partial charge in [0, 0.05) is 26.2 Å². The Hall–Kier alpha value is -2.84. The normalized spacial score (nSPS) is 15.8. The molecule has 1 amide bonds. The van der Waals surface area contributed by atoms with Crippen LogP contribution >= 0.6 is 0 Å². The molecule has 0 aromatic heterocycles. The molecule has 1 aliphatic rings. The van der Waals surface area contributed by atoms with Crippen molar-refractivity contribution >= 4 is 5.91 Å². The minimum absolute atomic E-state index is 0.0148. The quantitative estimate of drug-likeness (QED) is 0.819. The summed E-state index contributed by atoms with van der Waals surface area (Å²) in [5.41, 5.74) is 3.34. The van der Waals surface area contributed by atoms with Crippen molar-refractivity contribution < 1.29 is 9.53 Å². The zero-order chi connectivity index (χ0) is 19.2. The van der Waals surface area contributed by atoms with E-state index in [1.165, 1.54) is 5.56 Å². The first-order valence-electron chi connectivity index (χ1n) is 9.24. The number of aryl methyl sites for hydroxylation is 2. The lowest BCUT2D eigenvalue weighted by atomic mass is 10.0. The number of hydrogen-bond donors (Lipinski definition) is 0. The van der Waals surface area contributed by atoms with Crippen molar-refractivity contribution in [2.45, 2.75) is 19.9 Å². The molecule has 5 nitrogen and oxygen atoms in total. The topological polar surface area (TPSA) is 56.6 Å². The number of hydrogen-bond acceptors (Lipinski definition) is 4. The van der Waals surface area contributed by atoms with Gasteiger partial charge in [-0.15, -0.1) is 0 Å². The van der Waals surface area contributed by atoms with E-state index >= 15 is 0 Å². The van der Waals surface area contributed by atoms with Crippen molar-refractivity contribution in [1.29, 1.82) is 5.26 Å². The molecule has 1 unspecified atom stereocenters. The molecule has 3 rings (SSSR count). The van der Waals surface area contributed by atoms with Gasteiger partial charge in [-0.25, -0.2) is 0 Å². The fourth-order valence-corrected chi connectivity index (χ4v) is 3.22. The minimum Gasteiger partial charge on any atom is -0.484 e. The number of carbonyl (C=O) groups excluding carboxylic acids is 1. The van der Waals surface area contributed by atoms with Gasteiger partial charge in [0.1, 0.15) is 11.8 Å². The smallest absolute Gasteiger partial charge is 0.260 e. The highest BCUT2D eigenvalue weighted by molar-refractivity contribution is 5.77. The molecule has 1 aliphatic heterocycles. The molecule has 5 heteroatoms. The molecule has 0 saturated carbocycles. The summed E-state index contributed by atoms with van der Waals surface area (Å²) in [5, 5.41) is 9.61. The minimum atomic E-state index is -0.272. The first-order valence-corrected chi connectivity index (χ1v) is 9.24. The Morgan fingerprint density at radius 3 is 2.11 bits per heavy atom. The molecule has 140 valence electrons. The maximum atomic E-state index is 12.4. The Morgan fingerprint density at radius 2 is 1.56 bits per heavy atom. The van der Waals surface area contributed by atoms with E-state index in [1.807, 2.05) is 67.3 Å². The number of rotatable bonds is 5. The zero-order valence-electron chi connectivity index (χ0n) is 15.9. The van der Waals surface area contributed by atoms with Crippen LogP contribution in [0.3, 0.4) is 0 Å². The van der Waals surface area contributed by atoms with E-state index in [1.54, 1.807) is 0 Å². The van der Waals surface area contributed by atoms with E-state index in [9.17, 15) is 10.1 Å². The highest BCUT2D eigenvalue weighted by Crippen LogP contribution is 2.22. The SMILES string of the molecule is Cc1ccc(OCC(=O)N2CCN(C(C#N)c3ccc(C)cc3)CC2)cc1. The molecule has 0 radical (unpaired) electrons. The second kappa shape index (κ2) is 8.70. The number of carbonyl (C=O) groups is 1. The molecule has 0 bridgehead atoms.